The summed E-state index contributed by atoms with van der Waals surface area (Å²) in [6.45, 7) is 2.01. The van der Waals surface area contributed by atoms with E-state index < -0.39 is 0 Å². The van der Waals surface area contributed by atoms with Crippen LogP contribution in [0.15, 0.2) is 22.9 Å². The molecule has 1 saturated carbocycles. The molecule has 1 fully saturated rings. The minimum atomic E-state index is 0.142. The number of nitrogens with two attached hydrogens (primary N) is 1. The van der Waals surface area contributed by atoms with Gasteiger partial charge in [0.15, 0.2) is 0 Å². The zero-order valence-electron chi connectivity index (χ0n) is 10.3. The fraction of sp³-hybridized carbons (Fsp3) is 0.462. The maximum atomic E-state index is 6.04. The number of hydrogen-bond acceptors (Lipinski definition) is 5. The minimum Gasteiger partial charge on any atom is -0.339 e. The molecule has 3 rings (SSSR count). The molecule has 2 aromatic rings. The van der Waals surface area contributed by atoms with Crippen LogP contribution in [0, 0.1) is 12.8 Å². The lowest BCUT2D eigenvalue weighted by Crippen LogP contribution is -2.25. The van der Waals surface area contributed by atoms with E-state index in [0.717, 1.165) is 11.3 Å². The fourth-order valence-electron chi connectivity index (χ4n) is 1.99. The van der Waals surface area contributed by atoms with E-state index in [0.29, 0.717) is 24.1 Å². The predicted molar refractivity (Wildman–Crippen MR) is 66.7 cm³/mol. The molecule has 0 aromatic carbocycles. The molecule has 1 aliphatic carbocycles. The van der Waals surface area contributed by atoms with Crippen molar-refractivity contribution in [3.8, 4) is 11.5 Å². The SMILES string of the molecule is Cc1ccnc(-c2noc(CC(N)C3CC3)n2)c1. The third kappa shape index (κ3) is 2.41. The van der Waals surface area contributed by atoms with Crippen molar-refractivity contribution in [1.29, 1.82) is 0 Å². The first kappa shape index (κ1) is 11.3. The van der Waals surface area contributed by atoms with Crippen molar-refractivity contribution in [3.05, 3.63) is 29.8 Å². The van der Waals surface area contributed by atoms with Gasteiger partial charge in [-0.25, -0.2) is 0 Å². The number of pyridine rings is 1. The molecular formula is C13H16N4O. The van der Waals surface area contributed by atoms with E-state index in [-0.39, 0.29) is 6.04 Å². The average molecular weight is 244 g/mol. The molecule has 2 heterocycles. The van der Waals surface area contributed by atoms with Crippen LogP contribution in [0.3, 0.4) is 0 Å². The van der Waals surface area contributed by atoms with E-state index in [1.807, 2.05) is 19.1 Å². The van der Waals surface area contributed by atoms with Crippen LogP contribution in [0.25, 0.3) is 11.5 Å². The third-order valence-electron chi connectivity index (χ3n) is 3.25. The van der Waals surface area contributed by atoms with Crippen molar-refractivity contribution in [1.82, 2.24) is 15.1 Å². The smallest absolute Gasteiger partial charge is 0.228 e. The Morgan fingerprint density at radius 3 is 3.06 bits per heavy atom. The van der Waals surface area contributed by atoms with Gasteiger partial charge in [-0.05, 0) is 43.4 Å². The molecule has 2 aromatic heterocycles. The summed E-state index contributed by atoms with van der Waals surface area (Å²) in [5.41, 5.74) is 7.91. The molecule has 5 nitrogen and oxygen atoms in total. The molecule has 5 heteroatoms. The van der Waals surface area contributed by atoms with Crippen LogP contribution in [0.2, 0.25) is 0 Å². The van der Waals surface area contributed by atoms with E-state index in [4.69, 9.17) is 10.3 Å². The minimum absolute atomic E-state index is 0.142. The maximum absolute atomic E-state index is 6.04. The van der Waals surface area contributed by atoms with Gasteiger partial charge in [0, 0.05) is 18.7 Å². The van der Waals surface area contributed by atoms with E-state index in [1.54, 1.807) is 6.20 Å². The van der Waals surface area contributed by atoms with E-state index in [2.05, 4.69) is 15.1 Å². The predicted octanol–water partition coefficient (Wildman–Crippen LogP) is 1.72. The Bertz CT molecular complexity index is 547. The first-order valence-corrected chi connectivity index (χ1v) is 6.23. The van der Waals surface area contributed by atoms with Crippen molar-refractivity contribution >= 4 is 0 Å². The summed E-state index contributed by atoms with van der Waals surface area (Å²) in [7, 11) is 0. The van der Waals surface area contributed by atoms with Gasteiger partial charge in [-0.3, -0.25) is 4.98 Å². The second kappa shape index (κ2) is 4.49. The van der Waals surface area contributed by atoms with Gasteiger partial charge in [-0.1, -0.05) is 5.16 Å². The van der Waals surface area contributed by atoms with Crippen LogP contribution >= 0.6 is 0 Å². The van der Waals surface area contributed by atoms with Gasteiger partial charge in [0.05, 0.1) is 0 Å². The zero-order chi connectivity index (χ0) is 12.5. The van der Waals surface area contributed by atoms with E-state index in [1.165, 1.54) is 12.8 Å². The van der Waals surface area contributed by atoms with Gasteiger partial charge in [0.1, 0.15) is 5.69 Å². The normalized spacial score (nSPS) is 16.8. The van der Waals surface area contributed by atoms with Crippen molar-refractivity contribution in [2.75, 3.05) is 0 Å². The molecule has 0 radical (unpaired) electrons. The number of nitrogens with zero attached hydrogens (tertiary/aromatic N) is 3. The van der Waals surface area contributed by atoms with Crippen molar-refractivity contribution in [2.24, 2.45) is 11.7 Å². The van der Waals surface area contributed by atoms with Gasteiger partial charge >= 0.3 is 0 Å². The largest absolute Gasteiger partial charge is 0.339 e. The van der Waals surface area contributed by atoms with Gasteiger partial charge in [0.25, 0.3) is 0 Å². The molecule has 0 aliphatic heterocycles. The number of hydrogen-bond donors (Lipinski definition) is 1. The molecule has 1 atom stereocenters. The highest BCUT2D eigenvalue weighted by atomic mass is 16.5. The Balaban J connectivity index is 1.76. The lowest BCUT2D eigenvalue weighted by atomic mass is 10.1. The van der Waals surface area contributed by atoms with Gasteiger partial charge in [0.2, 0.25) is 11.7 Å². The van der Waals surface area contributed by atoms with Gasteiger partial charge in [-0.2, -0.15) is 4.98 Å². The monoisotopic (exact) mass is 244 g/mol. The standard InChI is InChI=1S/C13H16N4O/c1-8-4-5-15-11(6-8)13-16-12(18-17-13)7-10(14)9-2-3-9/h4-6,9-10H,2-3,7,14H2,1H3. The van der Waals surface area contributed by atoms with E-state index >= 15 is 0 Å². The molecular weight excluding hydrogens is 228 g/mol. The summed E-state index contributed by atoms with van der Waals surface area (Å²) in [5, 5.41) is 3.96. The second-order valence-corrected chi connectivity index (χ2v) is 4.94. The summed E-state index contributed by atoms with van der Waals surface area (Å²) < 4.78 is 5.23. The summed E-state index contributed by atoms with van der Waals surface area (Å²) in [5.74, 6) is 1.78. The Hall–Kier alpha value is -1.75. The lowest BCUT2D eigenvalue weighted by Gasteiger charge is -2.04. The first-order valence-electron chi connectivity index (χ1n) is 6.23. The topological polar surface area (TPSA) is 77.8 Å². The molecule has 2 N–H and O–H groups in total. The van der Waals surface area contributed by atoms with Gasteiger partial charge in [-0.15, -0.1) is 0 Å². The molecule has 0 spiro atoms. The van der Waals surface area contributed by atoms with Crippen LogP contribution < -0.4 is 5.73 Å². The second-order valence-electron chi connectivity index (χ2n) is 4.94. The van der Waals surface area contributed by atoms with Gasteiger partial charge < -0.3 is 10.3 Å². The molecule has 1 aliphatic rings. The average Bonchev–Trinajstić information content (AvgIpc) is 3.10. The Morgan fingerprint density at radius 2 is 2.33 bits per heavy atom. The third-order valence-corrected chi connectivity index (χ3v) is 3.25. The van der Waals surface area contributed by atoms with Crippen LogP contribution in [0.4, 0.5) is 0 Å². The highest BCUT2D eigenvalue weighted by Crippen LogP contribution is 2.32. The van der Waals surface area contributed by atoms with Crippen LogP contribution in [-0.2, 0) is 6.42 Å². The quantitative estimate of drug-likeness (QED) is 0.886. The Morgan fingerprint density at radius 1 is 1.50 bits per heavy atom. The van der Waals surface area contributed by atoms with E-state index in [9.17, 15) is 0 Å². The zero-order valence-corrected chi connectivity index (χ0v) is 10.3. The van der Waals surface area contributed by atoms with Crippen LogP contribution in [0.1, 0.15) is 24.3 Å². The molecule has 94 valence electrons. The molecule has 18 heavy (non-hydrogen) atoms. The lowest BCUT2D eigenvalue weighted by molar-refractivity contribution is 0.363. The number of rotatable bonds is 4. The van der Waals surface area contributed by atoms with Crippen LogP contribution in [-0.4, -0.2) is 21.2 Å². The molecule has 0 bridgehead atoms. The number of aromatic nitrogens is 3. The molecule has 1 unspecified atom stereocenters. The summed E-state index contributed by atoms with van der Waals surface area (Å²) >= 11 is 0. The Kier molecular flexibility index (Phi) is 2.83. The van der Waals surface area contributed by atoms with Crippen molar-refractivity contribution < 1.29 is 4.52 Å². The summed E-state index contributed by atoms with van der Waals surface area (Å²) in [6, 6.07) is 4.02. The molecule has 0 amide bonds. The highest BCUT2D eigenvalue weighted by Gasteiger charge is 2.29. The van der Waals surface area contributed by atoms with Crippen LogP contribution in [0.5, 0.6) is 0 Å². The summed E-state index contributed by atoms with van der Waals surface area (Å²) in [6.07, 6.45) is 4.85. The maximum Gasteiger partial charge on any atom is 0.228 e. The van der Waals surface area contributed by atoms with Crippen molar-refractivity contribution in [2.45, 2.75) is 32.2 Å². The fourth-order valence-corrected chi connectivity index (χ4v) is 1.99. The first-order chi connectivity index (χ1) is 8.72. The Labute approximate surface area is 105 Å². The van der Waals surface area contributed by atoms with Crippen molar-refractivity contribution in [3.63, 3.8) is 0 Å². The highest BCUT2D eigenvalue weighted by molar-refractivity contribution is 5.48. The number of aryl methyl sites for hydroxylation is 1. The molecule has 0 saturated heterocycles. The summed E-state index contributed by atoms with van der Waals surface area (Å²) in [4.78, 5) is 8.58.